The Balaban J connectivity index is 1.82. The third-order valence-electron chi connectivity index (χ3n) is 4.41. The Hall–Kier alpha value is -2.71. The summed E-state index contributed by atoms with van der Waals surface area (Å²) in [6.07, 6.45) is 2.28. The number of H-pyrrole nitrogens is 1. The largest absolute Gasteiger partial charge is 0.370 e. The molecule has 1 aromatic heterocycles. The average molecular weight is 389 g/mol. The number of hydrogen-bond donors (Lipinski definition) is 2. The molecule has 27 heavy (non-hydrogen) atoms. The maximum Gasteiger partial charge on any atom is 0.242 e. The molecule has 8 heteroatoms. The Morgan fingerprint density at radius 2 is 1.89 bits per heavy atom. The number of amides is 1. The summed E-state index contributed by atoms with van der Waals surface area (Å²) in [5.74, 6) is -0.777. The lowest BCUT2D eigenvalue weighted by Crippen LogP contribution is -2.28. The molecule has 3 aromatic rings. The van der Waals surface area contributed by atoms with E-state index in [4.69, 9.17) is 5.73 Å². The third kappa shape index (κ3) is 4.01. The number of halogens is 1. The first-order valence-corrected chi connectivity index (χ1v) is 9.85. The molecule has 0 bridgehead atoms. The van der Waals surface area contributed by atoms with Crippen LogP contribution < -0.4 is 5.73 Å². The lowest BCUT2D eigenvalue weighted by atomic mass is 10.1. The van der Waals surface area contributed by atoms with Crippen molar-refractivity contribution in [2.24, 2.45) is 5.73 Å². The van der Waals surface area contributed by atoms with Gasteiger partial charge in [-0.3, -0.25) is 4.79 Å². The summed E-state index contributed by atoms with van der Waals surface area (Å²) in [4.78, 5) is 14.0. The van der Waals surface area contributed by atoms with Gasteiger partial charge in [0, 0.05) is 42.7 Å². The van der Waals surface area contributed by atoms with Gasteiger partial charge in [-0.25, -0.2) is 17.1 Å². The zero-order chi connectivity index (χ0) is 19.6. The van der Waals surface area contributed by atoms with Gasteiger partial charge < -0.3 is 10.7 Å². The number of nitrogens with one attached hydrogen (secondary N) is 1. The highest BCUT2D eigenvalue weighted by atomic mass is 32.2. The van der Waals surface area contributed by atoms with Crippen LogP contribution in [0.15, 0.2) is 53.6 Å². The summed E-state index contributed by atoms with van der Waals surface area (Å²) in [5, 5.41) is 0.857. The second-order valence-electron chi connectivity index (χ2n) is 6.31. The molecule has 0 atom stereocenters. The van der Waals surface area contributed by atoms with Crippen molar-refractivity contribution in [3.63, 3.8) is 0 Å². The molecule has 3 N–H and O–H groups in total. The SMILES string of the molecule is CN(CCCC(N)=O)S(=O)(=O)c1ccc(-c2c[nH]c3cc(F)ccc23)cc1. The first kappa shape index (κ1) is 19.1. The number of rotatable bonds is 7. The first-order chi connectivity index (χ1) is 12.8. The van der Waals surface area contributed by atoms with E-state index in [1.54, 1.807) is 24.4 Å². The molecule has 0 aliphatic carbocycles. The third-order valence-corrected chi connectivity index (χ3v) is 6.28. The van der Waals surface area contributed by atoms with Gasteiger partial charge in [0.05, 0.1) is 4.90 Å². The van der Waals surface area contributed by atoms with Crippen molar-refractivity contribution < 1.29 is 17.6 Å². The molecule has 3 rings (SSSR count). The molecule has 1 amide bonds. The topological polar surface area (TPSA) is 96.3 Å². The van der Waals surface area contributed by atoms with Crippen LogP contribution in [0.5, 0.6) is 0 Å². The van der Waals surface area contributed by atoms with Gasteiger partial charge in [-0.2, -0.15) is 0 Å². The molecular formula is C19H20FN3O3S. The predicted molar refractivity (Wildman–Crippen MR) is 102 cm³/mol. The van der Waals surface area contributed by atoms with E-state index >= 15 is 0 Å². The second-order valence-corrected chi connectivity index (χ2v) is 8.36. The Morgan fingerprint density at radius 3 is 2.56 bits per heavy atom. The number of carbonyl (C=O) groups excluding carboxylic acids is 1. The lowest BCUT2D eigenvalue weighted by Gasteiger charge is -2.17. The fourth-order valence-corrected chi connectivity index (χ4v) is 4.13. The van der Waals surface area contributed by atoms with Crippen LogP contribution in [0.25, 0.3) is 22.0 Å². The maximum absolute atomic E-state index is 13.3. The van der Waals surface area contributed by atoms with Crippen molar-refractivity contribution in [2.45, 2.75) is 17.7 Å². The van der Waals surface area contributed by atoms with Crippen LogP contribution in [0.1, 0.15) is 12.8 Å². The van der Waals surface area contributed by atoms with Crippen LogP contribution in [0.2, 0.25) is 0 Å². The molecule has 0 aliphatic rings. The highest BCUT2D eigenvalue weighted by Crippen LogP contribution is 2.30. The Morgan fingerprint density at radius 1 is 1.19 bits per heavy atom. The second kappa shape index (κ2) is 7.50. The van der Waals surface area contributed by atoms with E-state index in [0.717, 1.165) is 16.5 Å². The molecule has 0 aliphatic heterocycles. The molecule has 0 radical (unpaired) electrons. The summed E-state index contributed by atoms with van der Waals surface area (Å²) in [7, 11) is -2.18. The molecule has 6 nitrogen and oxygen atoms in total. The number of hydrogen-bond acceptors (Lipinski definition) is 3. The minimum atomic E-state index is -3.65. The summed E-state index contributed by atoms with van der Waals surface area (Å²) in [6.45, 7) is 0.209. The fraction of sp³-hybridized carbons (Fsp3) is 0.211. The van der Waals surface area contributed by atoms with Crippen molar-refractivity contribution in [1.29, 1.82) is 0 Å². The van der Waals surface area contributed by atoms with Gasteiger partial charge in [-0.05, 0) is 42.3 Å². The Labute approximate surface area is 156 Å². The average Bonchev–Trinajstić information content (AvgIpc) is 3.04. The summed E-state index contributed by atoms with van der Waals surface area (Å²) >= 11 is 0. The van der Waals surface area contributed by atoms with Crippen LogP contribution >= 0.6 is 0 Å². The first-order valence-electron chi connectivity index (χ1n) is 8.41. The molecule has 2 aromatic carbocycles. The van der Waals surface area contributed by atoms with Crippen molar-refractivity contribution in [3.05, 3.63) is 54.5 Å². The minimum Gasteiger partial charge on any atom is -0.370 e. The van der Waals surface area contributed by atoms with Gasteiger partial charge in [-0.15, -0.1) is 0 Å². The zero-order valence-corrected chi connectivity index (χ0v) is 15.6. The van der Waals surface area contributed by atoms with Crippen LogP contribution in [0.4, 0.5) is 4.39 Å². The highest BCUT2D eigenvalue weighted by Gasteiger charge is 2.20. The fourth-order valence-electron chi connectivity index (χ4n) is 2.92. The number of fused-ring (bicyclic) bond motifs is 1. The number of nitrogens with zero attached hydrogens (tertiary/aromatic N) is 1. The van der Waals surface area contributed by atoms with Gasteiger partial charge in [-0.1, -0.05) is 12.1 Å². The standard InChI is InChI=1S/C19H20FN3O3S/c1-23(10-2-3-19(21)24)27(25,26)15-7-4-13(5-8-15)17-12-22-18-11-14(20)6-9-16(17)18/h4-9,11-12,22H,2-3,10H2,1H3,(H2,21,24). The number of carbonyl (C=O) groups is 1. The van der Waals surface area contributed by atoms with Gasteiger partial charge in [0.2, 0.25) is 15.9 Å². The number of aromatic amines is 1. The summed E-state index contributed by atoms with van der Waals surface area (Å²) < 4.78 is 39.8. The van der Waals surface area contributed by atoms with Crippen molar-refractivity contribution in [2.75, 3.05) is 13.6 Å². The summed E-state index contributed by atoms with van der Waals surface area (Å²) in [5.41, 5.74) is 7.44. The Kier molecular flexibility index (Phi) is 5.29. The van der Waals surface area contributed by atoms with Gasteiger partial charge >= 0.3 is 0 Å². The number of benzene rings is 2. The number of sulfonamides is 1. The van der Waals surface area contributed by atoms with E-state index in [1.807, 2.05) is 0 Å². The lowest BCUT2D eigenvalue weighted by molar-refractivity contribution is -0.118. The van der Waals surface area contributed by atoms with Crippen molar-refractivity contribution in [3.8, 4) is 11.1 Å². The number of primary amides is 1. The molecular weight excluding hydrogens is 369 g/mol. The van der Waals surface area contributed by atoms with Crippen LogP contribution in [0, 0.1) is 5.82 Å². The molecule has 142 valence electrons. The van der Waals surface area contributed by atoms with Crippen LogP contribution in [-0.2, 0) is 14.8 Å². The smallest absolute Gasteiger partial charge is 0.242 e. The monoisotopic (exact) mass is 389 g/mol. The molecule has 0 saturated carbocycles. The van der Waals surface area contributed by atoms with Gasteiger partial charge in [0.15, 0.2) is 0 Å². The molecule has 0 fully saturated rings. The maximum atomic E-state index is 13.3. The van der Waals surface area contributed by atoms with E-state index in [2.05, 4.69) is 4.98 Å². The zero-order valence-electron chi connectivity index (χ0n) is 14.8. The quantitative estimate of drug-likeness (QED) is 0.650. The van der Waals surface area contributed by atoms with Crippen LogP contribution in [0.3, 0.4) is 0 Å². The highest BCUT2D eigenvalue weighted by molar-refractivity contribution is 7.89. The number of aromatic nitrogens is 1. The van der Waals surface area contributed by atoms with E-state index in [9.17, 15) is 17.6 Å². The number of nitrogens with two attached hydrogens (primary N) is 1. The molecule has 0 spiro atoms. The van der Waals surface area contributed by atoms with E-state index in [-0.39, 0.29) is 23.7 Å². The van der Waals surface area contributed by atoms with Gasteiger partial charge in [0.25, 0.3) is 0 Å². The van der Waals surface area contributed by atoms with E-state index in [0.29, 0.717) is 11.9 Å². The normalized spacial score (nSPS) is 12.0. The Bertz CT molecular complexity index is 1080. The van der Waals surface area contributed by atoms with Crippen molar-refractivity contribution >= 4 is 26.8 Å². The molecule has 1 heterocycles. The minimum absolute atomic E-state index is 0.139. The summed E-state index contributed by atoms with van der Waals surface area (Å²) in [6, 6.07) is 11.0. The van der Waals surface area contributed by atoms with Crippen molar-refractivity contribution in [1.82, 2.24) is 9.29 Å². The molecule has 0 unspecified atom stereocenters. The molecule has 0 saturated heterocycles. The van der Waals surface area contributed by atoms with Gasteiger partial charge in [0.1, 0.15) is 5.82 Å². The predicted octanol–water partition coefficient (Wildman–Crippen LogP) is 2.86. The van der Waals surface area contributed by atoms with E-state index < -0.39 is 15.9 Å². The van der Waals surface area contributed by atoms with E-state index in [1.165, 1.54) is 35.6 Å². The van der Waals surface area contributed by atoms with Crippen LogP contribution in [-0.4, -0.2) is 37.2 Å².